The van der Waals surface area contributed by atoms with Crippen LogP contribution < -0.4 is 4.74 Å². The van der Waals surface area contributed by atoms with E-state index in [1.165, 1.54) is 65.5 Å². The third-order valence-corrected chi connectivity index (χ3v) is 7.34. The van der Waals surface area contributed by atoms with Crippen LogP contribution in [0.2, 0.25) is 0 Å². The first-order chi connectivity index (χ1) is 15.2. The summed E-state index contributed by atoms with van der Waals surface area (Å²) < 4.78 is 6.15. The van der Waals surface area contributed by atoms with E-state index in [1.54, 1.807) is 0 Å². The average Bonchev–Trinajstić information content (AvgIpc) is 3.16. The lowest BCUT2D eigenvalue weighted by Gasteiger charge is -2.39. The van der Waals surface area contributed by atoms with Crippen molar-refractivity contribution < 1.29 is 4.74 Å². The number of ether oxygens (including phenoxy) is 1. The lowest BCUT2D eigenvalue weighted by atomic mass is 9.90. The quantitative estimate of drug-likeness (QED) is 0.426. The minimum atomic E-state index is 0.598. The highest BCUT2D eigenvalue weighted by atomic mass is 16.5. The third-order valence-electron chi connectivity index (χ3n) is 7.34. The Balaban J connectivity index is 1.19. The van der Waals surface area contributed by atoms with Crippen LogP contribution in [0.4, 0.5) is 0 Å². The number of hydrogen-bond acceptors (Lipinski definition) is 2. The minimum absolute atomic E-state index is 0.598. The molecule has 3 aromatic rings. The molecule has 2 aliphatic carbocycles. The Bertz CT molecular complexity index is 1040. The van der Waals surface area contributed by atoms with Crippen molar-refractivity contribution in [2.45, 2.75) is 57.5 Å². The highest BCUT2D eigenvalue weighted by Crippen LogP contribution is 2.40. The molecule has 0 heterocycles. The number of aryl methyl sites for hydroxylation is 2. The molecule has 31 heavy (non-hydrogen) atoms. The second-order valence-corrected chi connectivity index (χ2v) is 9.28. The fourth-order valence-electron chi connectivity index (χ4n) is 5.24. The molecule has 3 aromatic carbocycles. The first kappa shape index (κ1) is 20.3. The van der Waals surface area contributed by atoms with Crippen LogP contribution in [0.5, 0.6) is 5.75 Å². The van der Waals surface area contributed by atoms with Crippen molar-refractivity contribution in [1.29, 1.82) is 0 Å². The highest BCUT2D eigenvalue weighted by molar-refractivity contribution is 5.67. The summed E-state index contributed by atoms with van der Waals surface area (Å²) in [5, 5.41) is 0. The lowest BCUT2D eigenvalue weighted by molar-refractivity contribution is 0.110. The zero-order chi connectivity index (χ0) is 21.2. The van der Waals surface area contributed by atoms with Crippen molar-refractivity contribution in [2.75, 3.05) is 13.7 Å². The zero-order valence-electron chi connectivity index (χ0n) is 18.8. The molecule has 2 aliphatic rings. The number of rotatable bonds is 7. The molecule has 1 fully saturated rings. The molecule has 0 spiro atoms. The second-order valence-electron chi connectivity index (χ2n) is 9.28. The zero-order valence-corrected chi connectivity index (χ0v) is 18.8. The number of nitrogens with zero attached hydrogens (tertiary/aromatic N) is 1. The Labute approximate surface area is 186 Å². The molecule has 0 amide bonds. The molecule has 0 saturated heterocycles. The molecule has 0 aliphatic heterocycles. The monoisotopic (exact) mass is 411 g/mol. The number of fused-ring (bicyclic) bond motifs is 1. The van der Waals surface area contributed by atoms with Gasteiger partial charge in [-0.25, -0.2) is 0 Å². The first-order valence-corrected chi connectivity index (χ1v) is 11.8. The maximum atomic E-state index is 6.15. The summed E-state index contributed by atoms with van der Waals surface area (Å²) in [5.41, 5.74) is 8.25. The number of benzene rings is 3. The van der Waals surface area contributed by atoms with Gasteiger partial charge < -0.3 is 4.74 Å². The Morgan fingerprint density at radius 2 is 1.77 bits per heavy atom. The van der Waals surface area contributed by atoms with Crippen LogP contribution >= 0.6 is 0 Å². The Hall–Kier alpha value is -2.58. The fraction of sp³-hybridized carbons (Fsp3) is 0.379. The summed E-state index contributed by atoms with van der Waals surface area (Å²) in [7, 11) is 2.32. The molecule has 1 unspecified atom stereocenters. The van der Waals surface area contributed by atoms with Gasteiger partial charge in [-0.2, -0.15) is 0 Å². The summed E-state index contributed by atoms with van der Waals surface area (Å²) in [5.74, 6) is 1.02. The molecule has 5 rings (SSSR count). The van der Waals surface area contributed by atoms with Gasteiger partial charge in [-0.3, -0.25) is 4.90 Å². The van der Waals surface area contributed by atoms with Crippen LogP contribution in [0.25, 0.3) is 11.1 Å². The summed E-state index contributed by atoms with van der Waals surface area (Å²) in [6.07, 6.45) is 7.49. The molecule has 2 nitrogen and oxygen atoms in total. The van der Waals surface area contributed by atoms with E-state index in [0.717, 1.165) is 18.2 Å². The summed E-state index contributed by atoms with van der Waals surface area (Å²) in [6, 6.07) is 25.6. The van der Waals surface area contributed by atoms with Gasteiger partial charge in [-0.1, -0.05) is 61.0 Å². The maximum absolute atomic E-state index is 6.15. The normalized spacial score (nSPS) is 18.1. The van der Waals surface area contributed by atoms with Crippen LogP contribution in [-0.2, 0) is 12.8 Å². The van der Waals surface area contributed by atoms with E-state index >= 15 is 0 Å². The van der Waals surface area contributed by atoms with Crippen LogP contribution in [0, 0.1) is 6.92 Å². The molecular formula is C29H33NO. The smallest absolute Gasteiger partial charge is 0.119 e. The maximum Gasteiger partial charge on any atom is 0.119 e. The van der Waals surface area contributed by atoms with E-state index in [9.17, 15) is 0 Å². The third kappa shape index (κ3) is 4.27. The first-order valence-electron chi connectivity index (χ1n) is 11.8. The average molecular weight is 412 g/mol. The van der Waals surface area contributed by atoms with Gasteiger partial charge >= 0.3 is 0 Å². The van der Waals surface area contributed by atoms with Crippen molar-refractivity contribution >= 4 is 0 Å². The summed E-state index contributed by atoms with van der Waals surface area (Å²) in [4.78, 5) is 2.62. The molecule has 1 saturated carbocycles. The van der Waals surface area contributed by atoms with Crippen LogP contribution in [0.3, 0.4) is 0 Å². The van der Waals surface area contributed by atoms with Crippen LogP contribution in [-0.4, -0.2) is 24.6 Å². The Kier molecular flexibility index (Phi) is 5.82. The van der Waals surface area contributed by atoms with E-state index in [2.05, 4.69) is 85.6 Å². The van der Waals surface area contributed by atoms with E-state index < -0.39 is 0 Å². The van der Waals surface area contributed by atoms with Gasteiger partial charge in [0.25, 0.3) is 0 Å². The lowest BCUT2D eigenvalue weighted by Crippen LogP contribution is -2.39. The van der Waals surface area contributed by atoms with Gasteiger partial charge in [-0.15, -0.1) is 0 Å². The summed E-state index contributed by atoms with van der Waals surface area (Å²) >= 11 is 0. The van der Waals surface area contributed by atoms with Crippen LogP contribution in [0.15, 0.2) is 66.7 Å². The molecule has 0 radical (unpaired) electrons. The van der Waals surface area contributed by atoms with Gasteiger partial charge in [0.15, 0.2) is 0 Å². The van der Waals surface area contributed by atoms with Crippen molar-refractivity contribution in [1.82, 2.24) is 4.90 Å². The van der Waals surface area contributed by atoms with Gasteiger partial charge in [0.2, 0.25) is 0 Å². The standard InChI is InChI=1S/C29H33NO/c1-21-19-22(11-14-27(21)23-7-4-3-5-8-23)17-18-31-26-13-15-28-24(20-26)12-16-29(28)30(2)25-9-6-10-25/h3-5,7-8,11,13-15,19-20,25,29H,6,9-10,12,16-18H2,1-2H3. The highest BCUT2D eigenvalue weighted by Gasteiger charge is 2.32. The van der Waals surface area contributed by atoms with Gasteiger partial charge in [0.05, 0.1) is 6.61 Å². The van der Waals surface area contributed by atoms with E-state index in [0.29, 0.717) is 12.6 Å². The number of hydrogen-bond donors (Lipinski definition) is 0. The van der Waals surface area contributed by atoms with Crippen LogP contribution in [0.1, 0.15) is 54.0 Å². The van der Waals surface area contributed by atoms with Gasteiger partial charge in [-0.05, 0) is 85.2 Å². The second kappa shape index (κ2) is 8.88. The van der Waals surface area contributed by atoms with Gasteiger partial charge in [0.1, 0.15) is 5.75 Å². The molecule has 0 N–H and O–H groups in total. The SMILES string of the molecule is Cc1cc(CCOc2ccc3c(c2)CCC3N(C)C2CCC2)ccc1-c1ccccc1. The Morgan fingerprint density at radius 1 is 0.935 bits per heavy atom. The molecule has 160 valence electrons. The molecule has 2 heteroatoms. The predicted molar refractivity (Wildman–Crippen MR) is 129 cm³/mol. The molecular weight excluding hydrogens is 378 g/mol. The fourth-order valence-corrected chi connectivity index (χ4v) is 5.24. The minimum Gasteiger partial charge on any atom is -0.493 e. The summed E-state index contributed by atoms with van der Waals surface area (Å²) in [6.45, 7) is 2.92. The van der Waals surface area contributed by atoms with E-state index in [1.807, 2.05) is 0 Å². The largest absolute Gasteiger partial charge is 0.493 e. The predicted octanol–water partition coefficient (Wildman–Crippen LogP) is 6.76. The van der Waals surface area contributed by atoms with E-state index in [4.69, 9.17) is 4.74 Å². The van der Waals surface area contributed by atoms with Crippen molar-refractivity contribution in [3.8, 4) is 16.9 Å². The van der Waals surface area contributed by atoms with Crippen molar-refractivity contribution in [3.63, 3.8) is 0 Å². The topological polar surface area (TPSA) is 12.5 Å². The molecule has 1 atom stereocenters. The molecule has 0 aromatic heterocycles. The molecule has 0 bridgehead atoms. The Morgan fingerprint density at radius 3 is 2.52 bits per heavy atom. The van der Waals surface area contributed by atoms with E-state index in [-0.39, 0.29) is 0 Å². The van der Waals surface area contributed by atoms with Gasteiger partial charge in [0, 0.05) is 18.5 Å². The van der Waals surface area contributed by atoms with Crippen molar-refractivity contribution in [3.05, 3.63) is 89.0 Å². The van der Waals surface area contributed by atoms with Crippen molar-refractivity contribution in [2.24, 2.45) is 0 Å².